The Bertz CT molecular complexity index is 201. The van der Waals surface area contributed by atoms with Crippen molar-refractivity contribution in [3.8, 4) is 0 Å². The van der Waals surface area contributed by atoms with Gasteiger partial charge >= 0.3 is 0 Å². The Hall–Kier alpha value is -0.330. The average molecular weight is 224 g/mol. The maximum atomic E-state index is 11.8. The van der Waals surface area contributed by atoms with Crippen LogP contribution in [0.1, 0.15) is 84.5 Å². The summed E-state index contributed by atoms with van der Waals surface area (Å²) < 4.78 is 0. The molecule has 0 saturated heterocycles. The summed E-state index contributed by atoms with van der Waals surface area (Å²) in [6.07, 6.45) is 14.0. The second kappa shape index (κ2) is 7.09. The lowest BCUT2D eigenvalue weighted by molar-refractivity contribution is -0.128. The van der Waals surface area contributed by atoms with Crippen LogP contribution >= 0.6 is 0 Å². The summed E-state index contributed by atoms with van der Waals surface area (Å²) in [5, 5.41) is 0. The van der Waals surface area contributed by atoms with Crippen molar-refractivity contribution in [2.45, 2.75) is 84.5 Å². The lowest BCUT2D eigenvalue weighted by Crippen LogP contribution is -2.31. The number of Topliss-reactive ketones (excluding diaryl/α,β-unsaturated/α-hetero) is 1. The largest absolute Gasteiger partial charge is 0.299 e. The summed E-state index contributed by atoms with van der Waals surface area (Å²) in [7, 11) is 0. The zero-order chi connectivity index (χ0) is 11.9. The molecule has 1 rings (SSSR count). The van der Waals surface area contributed by atoms with E-state index in [2.05, 4.69) is 6.92 Å². The highest BCUT2D eigenvalue weighted by molar-refractivity contribution is 5.82. The fourth-order valence-corrected chi connectivity index (χ4v) is 3.07. The normalized spacial score (nSPS) is 19.6. The van der Waals surface area contributed by atoms with Crippen molar-refractivity contribution in [1.82, 2.24) is 0 Å². The number of unbranched alkanes of at least 4 members (excludes halogenated alkanes) is 4. The minimum atomic E-state index is 0.0878. The molecule has 0 atom stereocenters. The quantitative estimate of drug-likeness (QED) is 0.563. The average Bonchev–Trinajstić information content (AvgIpc) is 2.30. The molecule has 1 aliphatic carbocycles. The molecule has 0 aromatic heterocycles. The van der Waals surface area contributed by atoms with Gasteiger partial charge in [0.25, 0.3) is 0 Å². The highest BCUT2D eigenvalue weighted by Crippen LogP contribution is 2.41. The molecule has 0 radical (unpaired) electrons. The van der Waals surface area contributed by atoms with Gasteiger partial charge in [0.05, 0.1) is 0 Å². The van der Waals surface area contributed by atoms with E-state index < -0.39 is 0 Å². The summed E-state index contributed by atoms with van der Waals surface area (Å²) in [6, 6.07) is 0. The first-order valence-corrected chi connectivity index (χ1v) is 7.22. The smallest absolute Gasteiger partial charge is 0.135 e. The topological polar surface area (TPSA) is 17.1 Å². The first kappa shape index (κ1) is 13.7. The second-order valence-electron chi connectivity index (χ2n) is 5.56. The Morgan fingerprint density at radius 1 is 1.00 bits per heavy atom. The second-order valence-corrected chi connectivity index (χ2v) is 5.56. The van der Waals surface area contributed by atoms with Crippen LogP contribution in [0.2, 0.25) is 0 Å². The number of ketones is 1. The molecule has 1 fully saturated rings. The van der Waals surface area contributed by atoms with Gasteiger partial charge in [-0.1, -0.05) is 58.3 Å². The SMILES string of the molecule is CCCCCCCC1(C(C)=O)CCCCC1. The Morgan fingerprint density at radius 2 is 1.62 bits per heavy atom. The number of carbonyl (C=O) groups excluding carboxylic acids is 1. The molecule has 0 aliphatic heterocycles. The highest BCUT2D eigenvalue weighted by atomic mass is 16.1. The van der Waals surface area contributed by atoms with Gasteiger partial charge in [0.1, 0.15) is 5.78 Å². The van der Waals surface area contributed by atoms with Crippen LogP contribution in [-0.2, 0) is 4.79 Å². The van der Waals surface area contributed by atoms with Crippen molar-refractivity contribution in [3.05, 3.63) is 0 Å². The van der Waals surface area contributed by atoms with E-state index in [-0.39, 0.29) is 5.41 Å². The molecule has 1 nitrogen and oxygen atoms in total. The van der Waals surface area contributed by atoms with Crippen LogP contribution in [0.3, 0.4) is 0 Å². The minimum absolute atomic E-state index is 0.0878. The third-order valence-electron chi connectivity index (χ3n) is 4.32. The number of rotatable bonds is 7. The standard InChI is InChI=1S/C15H28O/c1-3-4-5-6-8-11-15(14(2)16)12-9-7-10-13-15/h3-13H2,1-2H3. The van der Waals surface area contributed by atoms with E-state index in [0.29, 0.717) is 5.78 Å². The fraction of sp³-hybridized carbons (Fsp3) is 0.933. The lowest BCUT2D eigenvalue weighted by Gasteiger charge is -2.35. The Balaban J connectivity index is 2.30. The van der Waals surface area contributed by atoms with Crippen molar-refractivity contribution < 1.29 is 4.79 Å². The van der Waals surface area contributed by atoms with Crippen molar-refractivity contribution in [2.24, 2.45) is 5.41 Å². The van der Waals surface area contributed by atoms with E-state index in [1.807, 2.05) is 6.92 Å². The van der Waals surface area contributed by atoms with Gasteiger partial charge in [-0.05, 0) is 26.2 Å². The van der Waals surface area contributed by atoms with Crippen molar-refractivity contribution in [3.63, 3.8) is 0 Å². The summed E-state index contributed by atoms with van der Waals surface area (Å²) in [6.45, 7) is 4.07. The summed E-state index contributed by atoms with van der Waals surface area (Å²) >= 11 is 0. The summed E-state index contributed by atoms with van der Waals surface area (Å²) in [4.78, 5) is 11.8. The van der Waals surface area contributed by atoms with Crippen LogP contribution in [0.5, 0.6) is 0 Å². The molecule has 1 heteroatoms. The Morgan fingerprint density at radius 3 is 2.19 bits per heavy atom. The van der Waals surface area contributed by atoms with Gasteiger partial charge in [-0.15, -0.1) is 0 Å². The predicted octanol–water partition coefficient (Wildman–Crippen LogP) is 4.89. The van der Waals surface area contributed by atoms with Crippen LogP contribution in [0, 0.1) is 5.41 Å². The molecule has 0 N–H and O–H groups in total. The Kier molecular flexibility index (Phi) is 6.08. The van der Waals surface area contributed by atoms with Crippen LogP contribution < -0.4 is 0 Å². The van der Waals surface area contributed by atoms with Crippen LogP contribution in [-0.4, -0.2) is 5.78 Å². The molecule has 1 aliphatic rings. The molecule has 1 saturated carbocycles. The maximum Gasteiger partial charge on any atom is 0.135 e. The lowest BCUT2D eigenvalue weighted by atomic mass is 9.68. The first-order valence-electron chi connectivity index (χ1n) is 7.22. The molecular weight excluding hydrogens is 196 g/mol. The minimum Gasteiger partial charge on any atom is -0.299 e. The summed E-state index contributed by atoms with van der Waals surface area (Å²) in [5.41, 5.74) is 0.0878. The van der Waals surface area contributed by atoms with E-state index >= 15 is 0 Å². The third-order valence-corrected chi connectivity index (χ3v) is 4.32. The highest BCUT2D eigenvalue weighted by Gasteiger charge is 2.35. The van der Waals surface area contributed by atoms with Gasteiger partial charge < -0.3 is 0 Å². The predicted molar refractivity (Wildman–Crippen MR) is 69.6 cm³/mol. The van der Waals surface area contributed by atoms with E-state index in [0.717, 1.165) is 19.3 Å². The molecule has 0 spiro atoms. The van der Waals surface area contributed by atoms with Gasteiger partial charge in [-0.25, -0.2) is 0 Å². The van der Waals surface area contributed by atoms with Crippen molar-refractivity contribution >= 4 is 5.78 Å². The zero-order valence-electron chi connectivity index (χ0n) is 11.2. The molecule has 0 heterocycles. The molecule has 0 bridgehead atoms. The van der Waals surface area contributed by atoms with Crippen LogP contribution in [0.25, 0.3) is 0 Å². The molecule has 0 unspecified atom stereocenters. The molecule has 16 heavy (non-hydrogen) atoms. The zero-order valence-corrected chi connectivity index (χ0v) is 11.2. The van der Waals surface area contributed by atoms with Crippen molar-refractivity contribution in [2.75, 3.05) is 0 Å². The Labute approximate surface area is 101 Å². The van der Waals surface area contributed by atoms with Crippen LogP contribution in [0.15, 0.2) is 0 Å². The molecule has 0 aromatic carbocycles. The van der Waals surface area contributed by atoms with Gasteiger partial charge in [0, 0.05) is 5.41 Å². The monoisotopic (exact) mass is 224 g/mol. The van der Waals surface area contributed by atoms with E-state index in [1.54, 1.807) is 0 Å². The van der Waals surface area contributed by atoms with Gasteiger partial charge in [0.2, 0.25) is 0 Å². The van der Waals surface area contributed by atoms with Gasteiger partial charge in [-0.3, -0.25) is 4.79 Å². The number of hydrogen-bond acceptors (Lipinski definition) is 1. The maximum absolute atomic E-state index is 11.8. The molecule has 0 amide bonds. The van der Waals surface area contributed by atoms with E-state index in [1.165, 1.54) is 51.4 Å². The number of hydrogen-bond donors (Lipinski definition) is 0. The van der Waals surface area contributed by atoms with E-state index in [9.17, 15) is 4.79 Å². The molecule has 94 valence electrons. The van der Waals surface area contributed by atoms with E-state index in [4.69, 9.17) is 0 Å². The van der Waals surface area contributed by atoms with Crippen molar-refractivity contribution in [1.29, 1.82) is 0 Å². The first-order chi connectivity index (χ1) is 7.71. The summed E-state index contributed by atoms with van der Waals surface area (Å²) in [5.74, 6) is 0.461. The third kappa shape index (κ3) is 3.92. The van der Waals surface area contributed by atoms with Crippen LogP contribution in [0.4, 0.5) is 0 Å². The van der Waals surface area contributed by atoms with Gasteiger partial charge in [0.15, 0.2) is 0 Å². The fourth-order valence-electron chi connectivity index (χ4n) is 3.07. The molecular formula is C15H28O. The molecule has 0 aromatic rings. The van der Waals surface area contributed by atoms with Gasteiger partial charge in [-0.2, -0.15) is 0 Å². The number of carbonyl (C=O) groups is 1.